The van der Waals surface area contributed by atoms with Crippen LogP contribution in [0.4, 0.5) is 0 Å². The summed E-state index contributed by atoms with van der Waals surface area (Å²) in [6.45, 7) is 0.225. The molecule has 2 N–H and O–H groups in total. The van der Waals surface area contributed by atoms with Crippen LogP contribution in [-0.4, -0.2) is 32.8 Å². The van der Waals surface area contributed by atoms with E-state index in [1.165, 1.54) is 25.0 Å². The van der Waals surface area contributed by atoms with Gasteiger partial charge in [-0.2, -0.15) is 5.10 Å². The molecule has 2 aromatic rings. The zero-order valence-corrected chi connectivity index (χ0v) is 16.2. The van der Waals surface area contributed by atoms with E-state index in [0.29, 0.717) is 23.3 Å². The molecule has 0 saturated heterocycles. The molecule has 1 aromatic heterocycles. The summed E-state index contributed by atoms with van der Waals surface area (Å²) in [5, 5.41) is 16.4. The molecule has 1 heterocycles. The largest absolute Gasteiger partial charge is 0.478 e. The smallest absolute Gasteiger partial charge is 0.335 e. The number of carbonyl (C=O) groups is 2. The first-order valence-electron chi connectivity index (χ1n) is 9.99. The monoisotopic (exact) mass is 393 g/mol. The fraction of sp³-hybridized carbons (Fsp3) is 0.409. The molecule has 4 bridgehead atoms. The van der Waals surface area contributed by atoms with Crippen molar-refractivity contribution in [3.63, 3.8) is 0 Å². The highest BCUT2D eigenvalue weighted by Crippen LogP contribution is 2.57. The van der Waals surface area contributed by atoms with E-state index in [1.807, 2.05) is 0 Å². The molecule has 1 aromatic carbocycles. The number of allylic oxidation sites excluding steroid dienone is 1. The standard InChI is InChI=1S/C22H23N3O4/c1-25-21(29-11-12-2-4-13(5-3-12)22(27)28)18(10-23-25)20(26)24-19-14-6-7-16-15(8-14)9-17(16)19/h2-5,7,10,14-15,17,19H,6,8-9,11H2,1H3,(H,24,26)(H,27,28). The zero-order chi connectivity index (χ0) is 20.1. The highest BCUT2D eigenvalue weighted by Gasteiger charge is 2.52. The number of rotatable bonds is 6. The lowest BCUT2D eigenvalue weighted by atomic mass is 9.51. The van der Waals surface area contributed by atoms with Crippen LogP contribution in [0.2, 0.25) is 0 Å². The minimum atomic E-state index is -0.965. The molecule has 2 fully saturated rings. The summed E-state index contributed by atoms with van der Waals surface area (Å²) in [6, 6.07) is 6.70. The van der Waals surface area contributed by atoms with Gasteiger partial charge in [-0.3, -0.25) is 4.79 Å². The van der Waals surface area contributed by atoms with Crippen LogP contribution < -0.4 is 10.1 Å². The van der Waals surface area contributed by atoms with Crippen LogP contribution in [0.15, 0.2) is 42.1 Å². The van der Waals surface area contributed by atoms with Gasteiger partial charge in [-0.15, -0.1) is 0 Å². The number of carboxylic acids is 1. The molecule has 1 amide bonds. The van der Waals surface area contributed by atoms with Gasteiger partial charge in [0.1, 0.15) is 12.2 Å². The highest BCUT2D eigenvalue weighted by molar-refractivity contribution is 5.96. The van der Waals surface area contributed by atoms with E-state index in [-0.39, 0.29) is 24.1 Å². The molecule has 0 radical (unpaired) electrons. The summed E-state index contributed by atoms with van der Waals surface area (Å²) in [5.41, 5.74) is 3.02. The number of benzene rings is 1. The summed E-state index contributed by atoms with van der Waals surface area (Å²) in [6.07, 6.45) is 7.37. The molecular weight excluding hydrogens is 370 g/mol. The topological polar surface area (TPSA) is 93.5 Å². The second-order valence-electron chi connectivity index (χ2n) is 8.25. The number of hydrogen-bond acceptors (Lipinski definition) is 4. The summed E-state index contributed by atoms with van der Waals surface area (Å²) in [7, 11) is 1.74. The third kappa shape index (κ3) is 3.01. The lowest BCUT2D eigenvalue weighted by molar-refractivity contribution is 0.0623. The Morgan fingerprint density at radius 2 is 2.07 bits per heavy atom. The minimum absolute atomic E-state index is 0.143. The van der Waals surface area contributed by atoms with E-state index in [1.54, 1.807) is 35.6 Å². The molecule has 7 nitrogen and oxygen atoms in total. The van der Waals surface area contributed by atoms with Crippen LogP contribution >= 0.6 is 0 Å². The van der Waals surface area contributed by atoms with Crippen molar-refractivity contribution in [2.75, 3.05) is 0 Å². The third-order valence-corrected chi connectivity index (χ3v) is 6.63. The van der Waals surface area contributed by atoms with Gasteiger partial charge >= 0.3 is 5.97 Å². The quantitative estimate of drug-likeness (QED) is 0.736. The summed E-state index contributed by atoms with van der Waals surface area (Å²) in [5.74, 6) is 1.11. The summed E-state index contributed by atoms with van der Waals surface area (Å²) < 4.78 is 7.44. The molecular formula is C22H23N3O4. The number of aryl methyl sites for hydroxylation is 1. The Bertz CT molecular complexity index is 1010. The molecule has 2 saturated carbocycles. The van der Waals surface area contributed by atoms with E-state index in [0.717, 1.165) is 17.9 Å². The van der Waals surface area contributed by atoms with Gasteiger partial charge in [0.25, 0.3) is 5.91 Å². The van der Waals surface area contributed by atoms with Gasteiger partial charge in [-0.05, 0) is 48.8 Å². The minimum Gasteiger partial charge on any atom is -0.478 e. The molecule has 4 aliphatic rings. The molecule has 29 heavy (non-hydrogen) atoms. The average molecular weight is 393 g/mol. The van der Waals surface area contributed by atoms with Gasteiger partial charge in [0.05, 0.1) is 11.8 Å². The van der Waals surface area contributed by atoms with E-state index < -0.39 is 5.97 Å². The fourth-order valence-electron chi connectivity index (χ4n) is 5.09. The Kier molecular flexibility index (Phi) is 4.19. The SMILES string of the molecule is Cn1ncc(C(=O)NC2C3CC=C4C(C3)CC42)c1OCc1ccc(C(=O)O)cc1. The molecule has 6 rings (SSSR count). The second-order valence-corrected chi connectivity index (χ2v) is 8.25. The van der Waals surface area contributed by atoms with Crippen LogP contribution in [0.5, 0.6) is 5.88 Å². The van der Waals surface area contributed by atoms with Gasteiger partial charge in [-0.25, -0.2) is 9.48 Å². The van der Waals surface area contributed by atoms with Crippen molar-refractivity contribution in [1.29, 1.82) is 0 Å². The summed E-state index contributed by atoms with van der Waals surface area (Å²) >= 11 is 0. The highest BCUT2D eigenvalue weighted by atomic mass is 16.5. The molecule has 0 spiro atoms. The van der Waals surface area contributed by atoms with Gasteiger partial charge < -0.3 is 15.2 Å². The van der Waals surface area contributed by atoms with Crippen molar-refractivity contribution in [3.8, 4) is 5.88 Å². The predicted molar refractivity (Wildman–Crippen MR) is 105 cm³/mol. The molecule has 150 valence electrons. The maximum atomic E-state index is 13.0. The van der Waals surface area contributed by atoms with Crippen molar-refractivity contribution >= 4 is 11.9 Å². The summed E-state index contributed by atoms with van der Waals surface area (Å²) in [4.78, 5) is 24.0. The van der Waals surface area contributed by atoms with Crippen molar-refractivity contribution in [2.45, 2.75) is 31.9 Å². The first-order valence-corrected chi connectivity index (χ1v) is 9.99. The van der Waals surface area contributed by atoms with Gasteiger partial charge in [0, 0.05) is 19.0 Å². The van der Waals surface area contributed by atoms with Crippen molar-refractivity contribution in [2.24, 2.45) is 24.8 Å². The van der Waals surface area contributed by atoms with E-state index in [2.05, 4.69) is 16.5 Å². The number of fused-ring (bicyclic) bond motifs is 1. The predicted octanol–water partition coefficient (Wildman–Crippen LogP) is 2.78. The zero-order valence-electron chi connectivity index (χ0n) is 16.2. The van der Waals surface area contributed by atoms with E-state index >= 15 is 0 Å². The van der Waals surface area contributed by atoms with E-state index in [4.69, 9.17) is 9.84 Å². The number of aromatic carboxylic acids is 1. The van der Waals surface area contributed by atoms with Crippen LogP contribution in [0, 0.1) is 17.8 Å². The Labute approximate surface area is 168 Å². The first-order chi connectivity index (χ1) is 14.0. The van der Waals surface area contributed by atoms with Crippen LogP contribution in [0.1, 0.15) is 45.5 Å². The van der Waals surface area contributed by atoms with Crippen LogP contribution in [0.3, 0.4) is 0 Å². The van der Waals surface area contributed by atoms with Crippen LogP contribution in [-0.2, 0) is 13.7 Å². The maximum absolute atomic E-state index is 13.0. The van der Waals surface area contributed by atoms with Gasteiger partial charge in [0.2, 0.25) is 5.88 Å². The van der Waals surface area contributed by atoms with Crippen molar-refractivity contribution in [1.82, 2.24) is 15.1 Å². The number of amides is 1. The van der Waals surface area contributed by atoms with Crippen molar-refractivity contribution < 1.29 is 19.4 Å². The number of nitrogens with one attached hydrogen (secondary N) is 1. The first kappa shape index (κ1) is 18.0. The molecule has 0 aliphatic heterocycles. The third-order valence-electron chi connectivity index (χ3n) is 6.63. The number of nitrogens with zero attached hydrogens (tertiary/aromatic N) is 2. The molecule has 7 heteroatoms. The maximum Gasteiger partial charge on any atom is 0.335 e. The number of ether oxygens (including phenoxy) is 1. The lowest BCUT2D eigenvalue weighted by Crippen LogP contribution is -2.58. The average Bonchev–Trinajstić information content (AvgIpc) is 3.07. The van der Waals surface area contributed by atoms with Crippen LogP contribution in [0.25, 0.3) is 0 Å². The fourth-order valence-corrected chi connectivity index (χ4v) is 5.09. The Hall–Kier alpha value is -3.09. The Morgan fingerprint density at radius 1 is 1.28 bits per heavy atom. The Morgan fingerprint density at radius 3 is 2.72 bits per heavy atom. The van der Waals surface area contributed by atoms with E-state index in [9.17, 15) is 9.59 Å². The number of carbonyl (C=O) groups excluding carboxylic acids is 1. The second kappa shape index (κ2) is 6.76. The number of carboxylic acid groups (broad SMARTS) is 1. The van der Waals surface area contributed by atoms with Gasteiger partial charge in [0.15, 0.2) is 0 Å². The normalized spacial score (nSPS) is 26.4. The number of hydrogen-bond donors (Lipinski definition) is 2. The lowest BCUT2D eigenvalue weighted by Gasteiger charge is -2.56. The van der Waals surface area contributed by atoms with Gasteiger partial charge in [-0.1, -0.05) is 23.8 Å². The molecule has 4 unspecified atom stereocenters. The molecule has 4 aliphatic carbocycles. The Balaban J connectivity index is 1.27. The number of aromatic nitrogens is 2. The van der Waals surface area contributed by atoms with Crippen molar-refractivity contribution in [3.05, 3.63) is 58.8 Å². The molecule has 4 atom stereocenters.